The van der Waals surface area contributed by atoms with E-state index in [0.717, 1.165) is 28.1 Å². The van der Waals surface area contributed by atoms with Crippen LogP contribution < -0.4 is 5.32 Å². The largest absolute Gasteiger partial charge is 0.467 e. The topological polar surface area (TPSA) is 38.3 Å². The summed E-state index contributed by atoms with van der Waals surface area (Å²) in [7, 11) is 0. The zero-order chi connectivity index (χ0) is 14.1. The Morgan fingerprint density at radius 1 is 1.20 bits per heavy atom. The van der Waals surface area contributed by atoms with Crippen LogP contribution >= 0.6 is 11.6 Å². The van der Waals surface area contributed by atoms with Crippen LogP contribution in [0.4, 0.5) is 0 Å². The highest BCUT2D eigenvalue weighted by atomic mass is 35.5. The molecule has 0 saturated heterocycles. The minimum atomic E-state index is 0.405. The van der Waals surface area contributed by atoms with Gasteiger partial charge in [-0.05, 0) is 30.3 Å². The van der Waals surface area contributed by atoms with Crippen LogP contribution in [0, 0.1) is 0 Å². The molecular formula is C16H16ClNO2. The third kappa shape index (κ3) is 2.60. The van der Waals surface area contributed by atoms with E-state index in [1.807, 2.05) is 30.3 Å². The van der Waals surface area contributed by atoms with Crippen LogP contribution in [0.5, 0.6) is 0 Å². The summed E-state index contributed by atoms with van der Waals surface area (Å²) in [6.07, 6.45) is 1.69. The second-order valence-corrected chi connectivity index (χ2v) is 5.52. The lowest BCUT2D eigenvalue weighted by molar-refractivity contribution is 0.464. The van der Waals surface area contributed by atoms with E-state index in [1.54, 1.807) is 6.26 Å². The van der Waals surface area contributed by atoms with Crippen LogP contribution in [0.25, 0.3) is 22.3 Å². The van der Waals surface area contributed by atoms with Gasteiger partial charge in [-0.2, -0.15) is 0 Å². The normalized spacial score (nSPS) is 11.6. The van der Waals surface area contributed by atoms with Gasteiger partial charge in [0.05, 0.1) is 18.4 Å². The first-order valence-electron chi connectivity index (χ1n) is 6.62. The van der Waals surface area contributed by atoms with Crippen LogP contribution in [0.3, 0.4) is 0 Å². The molecule has 1 N–H and O–H groups in total. The fraction of sp³-hybridized carbons (Fsp3) is 0.250. The van der Waals surface area contributed by atoms with Gasteiger partial charge < -0.3 is 14.2 Å². The lowest BCUT2D eigenvalue weighted by Gasteiger charge is -2.06. The number of furan rings is 2. The van der Waals surface area contributed by atoms with Crippen molar-refractivity contribution in [3.05, 3.63) is 47.4 Å². The van der Waals surface area contributed by atoms with Gasteiger partial charge in [-0.3, -0.25) is 0 Å². The van der Waals surface area contributed by atoms with E-state index < -0.39 is 0 Å². The summed E-state index contributed by atoms with van der Waals surface area (Å²) in [6.45, 7) is 4.88. The first-order chi connectivity index (χ1) is 9.63. The van der Waals surface area contributed by atoms with Crippen molar-refractivity contribution < 1.29 is 8.83 Å². The number of halogens is 1. The van der Waals surface area contributed by atoms with Gasteiger partial charge in [-0.1, -0.05) is 25.4 Å². The van der Waals surface area contributed by atoms with Gasteiger partial charge in [0.25, 0.3) is 0 Å². The van der Waals surface area contributed by atoms with Gasteiger partial charge in [0, 0.05) is 16.5 Å². The van der Waals surface area contributed by atoms with E-state index >= 15 is 0 Å². The highest BCUT2D eigenvalue weighted by Crippen LogP contribution is 2.32. The molecule has 0 aliphatic rings. The lowest BCUT2D eigenvalue weighted by Crippen LogP contribution is -2.21. The summed E-state index contributed by atoms with van der Waals surface area (Å²) in [5, 5.41) is 5.05. The van der Waals surface area contributed by atoms with E-state index in [2.05, 4.69) is 19.2 Å². The van der Waals surface area contributed by atoms with E-state index in [-0.39, 0.29) is 0 Å². The predicted molar refractivity (Wildman–Crippen MR) is 80.9 cm³/mol. The van der Waals surface area contributed by atoms with Gasteiger partial charge in [0.1, 0.15) is 17.1 Å². The Balaban J connectivity index is 1.96. The summed E-state index contributed by atoms with van der Waals surface area (Å²) in [4.78, 5) is 0. The molecule has 0 saturated carbocycles. The standard InChI is InChI=1S/C16H16ClNO2/c1-10(2)18-9-16-13(5-6-19-16)15-8-11-7-12(17)3-4-14(11)20-15/h3-8,10,18H,9H2,1-2H3. The number of benzene rings is 1. The maximum atomic E-state index is 6.00. The first-order valence-corrected chi connectivity index (χ1v) is 7.00. The summed E-state index contributed by atoms with van der Waals surface area (Å²) < 4.78 is 11.4. The quantitative estimate of drug-likeness (QED) is 0.746. The number of rotatable bonds is 4. The molecule has 20 heavy (non-hydrogen) atoms. The molecule has 3 aromatic rings. The molecule has 0 amide bonds. The Bertz CT molecular complexity index is 727. The maximum Gasteiger partial charge on any atom is 0.138 e. The Labute approximate surface area is 122 Å². The van der Waals surface area contributed by atoms with Crippen molar-refractivity contribution in [1.29, 1.82) is 0 Å². The third-order valence-electron chi connectivity index (χ3n) is 3.16. The van der Waals surface area contributed by atoms with Gasteiger partial charge in [0.15, 0.2) is 0 Å². The molecule has 0 aliphatic heterocycles. The lowest BCUT2D eigenvalue weighted by atomic mass is 10.1. The molecule has 2 heterocycles. The molecule has 0 bridgehead atoms. The molecule has 3 rings (SSSR count). The molecule has 0 radical (unpaired) electrons. The fourth-order valence-electron chi connectivity index (χ4n) is 2.14. The Morgan fingerprint density at radius 3 is 2.85 bits per heavy atom. The van der Waals surface area contributed by atoms with Crippen molar-refractivity contribution in [2.75, 3.05) is 0 Å². The van der Waals surface area contributed by atoms with Crippen LogP contribution in [0.2, 0.25) is 5.02 Å². The second-order valence-electron chi connectivity index (χ2n) is 5.09. The zero-order valence-electron chi connectivity index (χ0n) is 11.4. The van der Waals surface area contributed by atoms with Crippen molar-refractivity contribution in [3.8, 4) is 11.3 Å². The number of fused-ring (bicyclic) bond motifs is 1. The summed E-state index contributed by atoms with van der Waals surface area (Å²) in [6, 6.07) is 9.93. The Kier molecular flexibility index (Phi) is 3.55. The average molecular weight is 290 g/mol. The maximum absolute atomic E-state index is 6.00. The molecule has 0 spiro atoms. The van der Waals surface area contributed by atoms with E-state index in [1.165, 1.54) is 0 Å². The van der Waals surface area contributed by atoms with Crippen molar-refractivity contribution in [2.45, 2.75) is 26.4 Å². The van der Waals surface area contributed by atoms with Crippen molar-refractivity contribution in [1.82, 2.24) is 5.32 Å². The van der Waals surface area contributed by atoms with Gasteiger partial charge in [-0.15, -0.1) is 0 Å². The zero-order valence-corrected chi connectivity index (χ0v) is 12.2. The average Bonchev–Trinajstić information content (AvgIpc) is 3.01. The summed E-state index contributed by atoms with van der Waals surface area (Å²) in [5.41, 5.74) is 1.80. The number of hydrogen-bond donors (Lipinski definition) is 1. The Hall–Kier alpha value is -1.71. The van der Waals surface area contributed by atoms with Gasteiger partial charge >= 0.3 is 0 Å². The van der Waals surface area contributed by atoms with E-state index in [0.29, 0.717) is 17.6 Å². The highest BCUT2D eigenvalue weighted by molar-refractivity contribution is 6.31. The molecule has 104 valence electrons. The van der Waals surface area contributed by atoms with Crippen molar-refractivity contribution in [2.24, 2.45) is 0 Å². The molecule has 0 fully saturated rings. The van der Waals surface area contributed by atoms with E-state index in [9.17, 15) is 0 Å². The fourth-order valence-corrected chi connectivity index (χ4v) is 2.32. The second kappa shape index (κ2) is 5.35. The van der Waals surface area contributed by atoms with Crippen molar-refractivity contribution >= 4 is 22.6 Å². The third-order valence-corrected chi connectivity index (χ3v) is 3.40. The molecule has 1 aromatic carbocycles. The van der Waals surface area contributed by atoms with Crippen LogP contribution in [0.1, 0.15) is 19.6 Å². The van der Waals surface area contributed by atoms with Crippen LogP contribution in [0.15, 0.2) is 45.4 Å². The molecule has 0 unspecified atom stereocenters. The van der Waals surface area contributed by atoms with Crippen LogP contribution in [-0.4, -0.2) is 6.04 Å². The molecular weight excluding hydrogens is 274 g/mol. The molecule has 3 nitrogen and oxygen atoms in total. The van der Waals surface area contributed by atoms with Crippen molar-refractivity contribution in [3.63, 3.8) is 0 Å². The number of hydrogen-bond acceptors (Lipinski definition) is 3. The highest BCUT2D eigenvalue weighted by Gasteiger charge is 2.13. The minimum absolute atomic E-state index is 0.405. The van der Waals surface area contributed by atoms with Gasteiger partial charge in [0.2, 0.25) is 0 Å². The smallest absolute Gasteiger partial charge is 0.138 e. The summed E-state index contributed by atoms with van der Waals surface area (Å²) in [5.74, 6) is 1.68. The SMILES string of the molecule is CC(C)NCc1occc1-c1cc2cc(Cl)ccc2o1. The molecule has 2 aromatic heterocycles. The first kappa shape index (κ1) is 13.3. The monoisotopic (exact) mass is 289 g/mol. The molecule has 0 aliphatic carbocycles. The summed E-state index contributed by atoms with van der Waals surface area (Å²) >= 11 is 6.00. The Morgan fingerprint density at radius 2 is 2.05 bits per heavy atom. The molecule has 4 heteroatoms. The molecule has 0 atom stereocenters. The van der Waals surface area contributed by atoms with E-state index in [4.69, 9.17) is 20.4 Å². The van der Waals surface area contributed by atoms with Gasteiger partial charge in [-0.25, -0.2) is 0 Å². The predicted octanol–water partition coefficient (Wildman–Crippen LogP) is 4.84. The van der Waals surface area contributed by atoms with Crippen LogP contribution in [-0.2, 0) is 6.54 Å². The number of nitrogens with one attached hydrogen (secondary N) is 1. The minimum Gasteiger partial charge on any atom is -0.467 e.